The molecule has 0 amide bonds. The number of aromatic nitrogens is 1. The molecule has 2 N–H and O–H groups in total. The van der Waals surface area contributed by atoms with Crippen LogP contribution in [-0.4, -0.2) is 25.2 Å². The van der Waals surface area contributed by atoms with Crippen molar-refractivity contribution in [2.24, 2.45) is 5.73 Å². The van der Waals surface area contributed by atoms with E-state index in [-0.39, 0.29) is 5.92 Å². The summed E-state index contributed by atoms with van der Waals surface area (Å²) in [6, 6.07) is 6.03. The van der Waals surface area contributed by atoms with Crippen LogP contribution in [0.2, 0.25) is 0 Å². The van der Waals surface area contributed by atoms with E-state index in [2.05, 4.69) is 11.1 Å². The molecule has 1 aromatic carbocycles. The van der Waals surface area contributed by atoms with Gasteiger partial charge in [-0.1, -0.05) is 6.07 Å². The minimum Gasteiger partial charge on any atom is -0.493 e. The van der Waals surface area contributed by atoms with Crippen molar-refractivity contribution >= 4 is 11.3 Å². The summed E-state index contributed by atoms with van der Waals surface area (Å²) >= 11 is 1.65. The maximum atomic E-state index is 5.87. The van der Waals surface area contributed by atoms with Crippen LogP contribution < -0.4 is 15.2 Å². The van der Waals surface area contributed by atoms with Crippen LogP contribution in [0, 0.1) is 0 Å². The monoisotopic (exact) mass is 292 g/mol. The first-order chi connectivity index (χ1) is 9.78. The number of benzene rings is 1. The van der Waals surface area contributed by atoms with Crippen LogP contribution in [0.3, 0.4) is 0 Å². The fraction of sp³-hybridized carbons (Fsp3) is 0.400. The second-order valence-electron chi connectivity index (χ2n) is 4.43. The molecule has 0 saturated heterocycles. The Morgan fingerprint density at radius 3 is 2.80 bits per heavy atom. The maximum absolute atomic E-state index is 5.87. The van der Waals surface area contributed by atoms with E-state index in [9.17, 15) is 0 Å². The van der Waals surface area contributed by atoms with Gasteiger partial charge in [0.05, 0.1) is 18.7 Å². The van der Waals surface area contributed by atoms with Crippen LogP contribution in [0.4, 0.5) is 0 Å². The topological polar surface area (TPSA) is 57.4 Å². The highest BCUT2D eigenvalue weighted by molar-refractivity contribution is 7.09. The zero-order chi connectivity index (χ0) is 14.4. The predicted octanol–water partition coefficient (Wildman–Crippen LogP) is 2.84. The van der Waals surface area contributed by atoms with E-state index in [1.54, 1.807) is 18.4 Å². The highest BCUT2D eigenvalue weighted by Gasteiger charge is 2.14. The van der Waals surface area contributed by atoms with E-state index >= 15 is 0 Å². The molecule has 0 aliphatic rings. The van der Waals surface area contributed by atoms with Crippen LogP contribution in [0.1, 0.15) is 23.4 Å². The fourth-order valence-electron chi connectivity index (χ4n) is 2.11. The second kappa shape index (κ2) is 7.26. The first-order valence-electron chi connectivity index (χ1n) is 6.67. The van der Waals surface area contributed by atoms with Crippen LogP contribution in [0.5, 0.6) is 11.5 Å². The van der Waals surface area contributed by atoms with E-state index in [1.165, 1.54) is 5.56 Å². The van der Waals surface area contributed by atoms with E-state index in [0.717, 1.165) is 22.9 Å². The lowest BCUT2D eigenvalue weighted by molar-refractivity contribution is 0.310. The fourth-order valence-corrected chi connectivity index (χ4v) is 2.86. The average molecular weight is 292 g/mol. The number of methoxy groups -OCH3 is 1. The van der Waals surface area contributed by atoms with Crippen LogP contribution >= 0.6 is 11.3 Å². The molecule has 2 aromatic rings. The second-order valence-corrected chi connectivity index (χ2v) is 5.35. The third-order valence-electron chi connectivity index (χ3n) is 3.10. The molecule has 1 aromatic heterocycles. The van der Waals surface area contributed by atoms with Gasteiger partial charge < -0.3 is 15.2 Å². The molecule has 0 radical (unpaired) electrons. The molecule has 0 aliphatic heterocycles. The molecule has 0 saturated carbocycles. The van der Waals surface area contributed by atoms with Crippen molar-refractivity contribution in [2.45, 2.75) is 19.3 Å². The van der Waals surface area contributed by atoms with Crippen LogP contribution in [0.15, 0.2) is 29.8 Å². The zero-order valence-electron chi connectivity index (χ0n) is 11.8. The Kier molecular flexibility index (Phi) is 5.38. The lowest BCUT2D eigenvalue weighted by atomic mass is 9.99. The first-order valence-corrected chi connectivity index (χ1v) is 7.55. The minimum atomic E-state index is 0.248. The van der Waals surface area contributed by atoms with Gasteiger partial charge in [-0.3, -0.25) is 0 Å². The van der Waals surface area contributed by atoms with Gasteiger partial charge in [-0.05, 0) is 31.0 Å². The Balaban J connectivity index is 2.16. The summed E-state index contributed by atoms with van der Waals surface area (Å²) in [6.07, 6.45) is 2.67. The third-order valence-corrected chi connectivity index (χ3v) is 4.03. The van der Waals surface area contributed by atoms with Gasteiger partial charge in [-0.25, -0.2) is 4.98 Å². The first kappa shape index (κ1) is 14.8. The summed E-state index contributed by atoms with van der Waals surface area (Å²) < 4.78 is 10.9. The molecule has 108 valence electrons. The molecule has 5 heteroatoms. The molecule has 0 aliphatic carbocycles. The van der Waals surface area contributed by atoms with Crippen molar-refractivity contribution in [3.05, 3.63) is 40.3 Å². The van der Waals surface area contributed by atoms with Gasteiger partial charge in [0.2, 0.25) is 0 Å². The molecule has 20 heavy (non-hydrogen) atoms. The summed E-state index contributed by atoms with van der Waals surface area (Å²) in [5, 5.41) is 3.07. The lowest BCUT2D eigenvalue weighted by Crippen LogP contribution is -2.14. The zero-order valence-corrected chi connectivity index (χ0v) is 12.7. The standard InChI is InChI=1S/C15H20N2O2S/c1-3-19-13-5-4-11(9-14(13)18-2)8-12(10-16)15-17-6-7-20-15/h4-7,9,12H,3,8,10,16H2,1-2H3. The Morgan fingerprint density at radius 1 is 1.35 bits per heavy atom. The smallest absolute Gasteiger partial charge is 0.161 e. The molecular weight excluding hydrogens is 272 g/mol. The number of nitrogens with two attached hydrogens (primary N) is 1. The highest BCUT2D eigenvalue weighted by atomic mass is 32.1. The number of ether oxygens (including phenoxy) is 2. The van der Waals surface area contributed by atoms with Crippen molar-refractivity contribution in [1.82, 2.24) is 4.98 Å². The van der Waals surface area contributed by atoms with Crippen molar-refractivity contribution in [3.63, 3.8) is 0 Å². The predicted molar refractivity (Wildman–Crippen MR) is 81.8 cm³/mol. The number of hydrogen-bond donors (Lipinski definition) is 1. The molecule has 1 atom stereocenters. The third kappa shape index (κ3) is 3.49. The van der Waals surface area contributed by atoms with E-state index in [4.69, 9.17) is 15.2 Å². The summed E-state index contributed by atoms with van der Waals surface area (Å²) in [4.78, 5) is 4.36. The van der Waals surface area contributed by atoms with Crippen molar-refractivity contribution in [3.8, 4) is 11.5 Å². The Morgan fingerprint density at radius 2 is 2.20 bits per heavy atom. The Hall–Kier alpha value is -1.59. The Bertz CT molecular complexity index is 529. The highest BCUT2D eigenvalue weighted by Crippen LogP contribution is 2.30. The quantitative estimate of drug-likeness (QED) is 0.852. The molecule has 0 spiro atoms. The largest absolute Gasteiger partial charge is 0.493 e. The van der Waals surface area contributed by atoms with Gasteiger partial charge in [0.25, 0.3) is 0 Å². The number of hydrogen-bond acceptors (Lipinski definition) is 5. The lowest BCUT2D eigenvalue weighted by Gasteiger charge is -2.14. The number of thiazole rings is 1. The van der Waals surface area contributed by atoms with E-state index in [0.29, 0.717) is 13.2 Å². The molecule has 0 fully saturated rings. The van der Waals surface area contributed by atoms with Crippen LogP contribution in [-0.2, 0) is 6.42 Å². The van der Waals surface area contributed by atoms with Gasteiger partial charge in [0, 0.05) is 24.0 Å². The van der Waals surface area contributed by atoms with Gasteiger partial charge in [-0.15, -0.1) is 11.3 Å². The summed E-state index contributed by atoms with van der Waals surface area (Å²) in [7, 11) is 1.66. The van der Waals surface area contributed by atoms with Crippen molar-refractivity contribution in [2.75, 3.05) is 20.3 Å². The van der Waals surface area contributed by atoms with E-state index < -0.39 is 0 Å². The Labute approximate surface area is 123 Å². The number of nitrogens with zero attached hydrogens (tertiary/aromatic N) is 1. The molecule has 4 nitrogen and oxygen atoms in total. The van der Waals surface area contributed by atoms with E-state index in [1.807, 2.05) is 30.6 Å². The molecule has 0 bridgehead atoms. The molecule has 1 unspecified atom stereocenters. The van der Waals surface area contributed by atoms with Crippen LogP contribution in [0.25, 0.3) is 0 Å². The van der Waals surface area contributed by atoms with Crippen molar-refractivity contribution < 1.29 is 9.47 Å². The normalized spacial score (nSPS) is 12.2. The molecule has 2 rings (SSSR count). The SMILES string of the molecule is CCOc1ccc(CC(CN)c2nccs2)cc1OC. The summed E-state index contributed by atoms with van der Waals surface area (Å²) in [6.45, 7) is 3.17. The van der Waals surface area contributed by atoms with Gasteiger partial charge in [0.1, 0.15) is 0 Å². The molecule has 1 heterocycles. The minimum absolute atomic E-state index is 0.248. The van der Waals surface area contributed by atoms with Gasteiger partial charge >= 0.3 is 0 Å². The average Bonchev–Trinajstić information content (AvgIpc) is 3.00. The van der Waals surface area contributed by atoms with Crippen molar-refractivity contribution in [1.29, 1.82) is 0 Å². The summed E-state index contributed by atoms with van der Waals surface area (Å²) in [5.41, 5.74) is 7.05. The summed E-state index contributed by atoms with van der Waals surface area (Å²) in [5.74, 6) is 1.79. The number of rotatable bonds is 7. The van der Waals surface area contributed by atoms with Gasteiger partial charge in [-0.2, -0.15) is 0 Å². The molecular formula is C15H20N2O2S. The van der Waals surface area contributed by atoms with Gasteiger partial charge in [0.15, 0.2) is 11.5 Å². The maximum Gasteiger partial charge on any atom is 0.161 e.